The standard InChI is InChI=1S/C12H22N2O2Si/c1-17(2,3)8-4-7-16-10-14-6-5-11(9-14)12(13)15/h5-6,9H,4,7-8,10H2,1-3H3,(H2,13,15). The van der Waals surface area contributed by atoms with E-state index in [4.69, 9.17) is 10.5 Å². The van der Waals surface area contributed by atoms with Crippen molar-refractivity contribution >= 4 is 14.0 Å². The second-order valence-corrected chi connectivity index (χ2v) is 11.1. The average molecular weight is 254 g/mol. The second kappa shape index (κ2) is 6.02. The Bertz CT molecular complexity index is 369. The second-order valence-electron chi connectivity index (χ2n) is 5.48. The van der Waals surface area contributed by atoms with Crippen LogP contribution in [0.25, 0.3) is 0 Å². The molecule has 0 aliphatic rings. The number of primary amides is 1. The number of rotatable bonds is 7. The Morgan fingerprint density at radius 1 is 1.47 bits per heavy atom. The molecule has 4 nitrogen and oxygen atoms in total. The summed E-state index contributed by atoms with van der Waals surface area (Å²) in [5, 5.41) is 0. The van der Waals surface area contributed by atoms with Crippen LogP contribution in [0, 0.1) is 0 Å². The van der Waals surface area contributed by atoms with Crippen molar-refractivity contribution < 1.29 is 9.53 Å². The van der Waals surface area contributed by atoms with Crippen molar-refractivity contribution in [3.8, 4) is 0 Å². The Labute approximate surface area is 104 Å². The highest BCUT2D eigenvalue weighted by molar-refractivity contribution is 6.76. The van der Waals surface area contributed by atoms with Crippen LogP contribution in [-0.4, -0.2) is 25.2 Å². The summed E-state index contributed by atoms with van der Waals surface area (Å²) < 4.78 is 7.37. The smallest absolute Gasteiger partial charge is 0.250 e. The third-order valence-corrected chi connectivity index (χ3v) is 4.34. The summed E-state index contributed by atoms with van der Waals surface area (Å²) in [5.41, 5.74) is 5.69. The van der Waals surface area contributed by atoms with Gasteiger partial charge in [-0.15, -0.1) is 0 Å². The summed E-state index contributed by atoms with van der Waals surface area (Å²) in [5.74, 6) is -0.400. The molecule has 1 rings (SSSR count). The lowest BCUT2D eigenvalue weighted by Crippen LogP contribution is -2.19. The first-order valence-corrected chi connectivity index (χ1v) is 9.62. The van der Waals surface area contributed by atoms with Crippen LogP contribution in [0.15, 0.2) is 18.5 Å². The Hall–Kier alpha value is -1.07. The first-order valence-electron chi connectivity index (χ1n) is 5.92. The van der Waals surface area contributed by atoms with Crippen LogP contribution < -0.4 is 5.73 Å². The SMILES string of the molecule is C[Si](C)(C)CCCOCn1ccc(C(N)=O)c1. The minimum absolute atomic E-state index is 0.400. The molecular weight excluding hydrogens is 232 g/mol. The molecule has 0 fully saturated rings. The van der Waals surface area contributed by atoms with Gasteiger partial charge in [-0.2, -0.15) is 0 Å². The van der Waals surface area contributed by atoms with Gasteiger partial charge in [-0.05, 0) is 12.5 Å². The van der Waals surface area contributed by atoms with E-state index >= 15 is 0 Å². The highest BCUT2D eigenvalue weighted by Crippen LogP contribution is 2.10. The summed E-state index contributed by atoms with van der Waals surface area (Å²) in [4.78, 5) is 10.9. The molecule has 0 atom stereocenters. The van der Waals surface area contributed by atoms with Crippen LogP contribution in [0.5, 0.6) is 0 Å². The first kappa shape index (κ1) is 14.0. The summed E-state index contributed by atoms with van der Waals surface area (Å²) >= 11 is 0. The average Bonchev–Trinajstić information content (AvgIpc) is 2.64. The van der Waals surface area contributed by atoms with E-state index < -0.39 is 14.0 Å². The zero-order valence-electron chi connectivity index (χ0n) is 10.9. The molecule has 2 N–H and O–H groups in total. The topological polar surface area (TPSA) is 57.2 Å². The van der Waals surface area contributed by atoms with Gasteiger partial charge in [0.25, 0.3) is 0 Å². The zero-order valence-corrected chi connectivity index (χ0v) is 11.9. The Morgan fingerprint density at radius 3 is 2.71 bits per heavy atom. The molecule has 96 valence electrons. The molecule has 0 saturated heterocycles. The van der Waals surface area contributed by atoms with Crippen molar-refractivity contribution in [2.45, 2.75) is 38.8 Å². The zero-order chi connectivity index (χ0) is 12.9. The molecule has 17 heavy (non-hydrogen) atoms. The Morgan fingerprint density at radius 2 is 2.18 bits per heavy atom. The number of nitrogens with zero attached hydrogens (tertiary/aromatic N) is 1. The van der Waals surface area contributed by atoms with Crippen molar-refractivity contribution in [3.05, 3.63) is 24.0 Å². The lowest BCUT2D eigenvalue weighted by molar-refractivity contribution is 0.0774. The van der Waals surface area contributed by atoms with Crippen LogP contribution in [-0.2, 0) is 11.5 Å². The maximum absolute atomic E-state index is 10.9. The number of nitrogens with two attached hydrogens (primary N) is 1. The van der Waals surface area contributed by atoms with Gasteiger partial charge in [-0.3, -0.25) is 4.79 Å². The Balaban J connectivity index is 2.20. The molecule has 0 radical (unpaired) electrons. The summed E-state index contributed by atoms with van der Waals surface area (Å²) in [6, 6.07) is 2.99. The fourth-order valence-electron chi connectivity index (χ4n) is 1.54. The van der Waals surface area contributed by atoms with Gasteiger partial charge in [0, 0.05) is 27.1 Å². The maximum atomic E-state index is 10.9. The van der Waals surface area contributed by atoms with Crippen LogP contribution in [0.4, 0.5) is 0 Å². The van der Waals surface area contributed by atoms with Crippen LogP contribution in [0.1, 0.15) is 16.8 Å². The van der Waals surface area contributed by atoms with E-state index in [0.29, 0.717) is 12.3 Å². The number of carbonyl (C=O) groups excluding carboxylic acids is 1. The number of carbonyl (C=O) groups is 1. The molecule has 0 aliphatic carbocycles. The van der Waals surface area contributed by atoms with Gasteiger partial charge in [0.1, 0.15) is 6.73 Å². The van der Waals surface area contributed by atoms with E-state index in [0.717, 1.165) is 13.0 Å². The first-order chi connectivity index (χ1) is 7.88. The number of hydrogen-bond acceptors (Lipinski definition) is 2. The van der Waals surface area contributed by atoms with Crippen molar-refractivity contribution in [2.75, 3.05) is 6.61 Å². The molecule has 0 saturated carbocycles. The molecule has 0 bridgehead atoms. The van der Waals surface area contributed by atoms with Crippen LogP contribution >= 0.6 is 0 Å². The van der Waals surface area contributed by atoms with E-state index in [9.17, 15) is 4.79 Å². The molecule has 0 unspecified atom stereocenters. The fourth-order valence-corrected chi connectivity index (χ4v) is 2.75. The van der Waals surface area contributed by atoms with E-state index in [1.165, 1.54) is 6.04 Å². The van der Waals surface area contributed by atoms with E-state index in [1.807, 2.05) is 4.57 Å². The maximum Gasteiger partial charge on any atom is 0.250 e. The molecule has 1 aromatic rings. The van der Waals surface area contributed by atoms with Crippen molar-refractivity contribution in [2.24, 2.45) is 5.73 Å². The number of ether oxygens (including phenoxy) is 1. The largest absolute Gasteiger partial charge is 0.366 e. The fraction of sp³-hybridized carbons (Fsp3) is 0.583. The third kappa shape index (κ3) is 5.70. The van der Waals surface area contributed by atoms with Crippen molar-refractivity contribution in [1.29, 1.82) is 0 Å². The predicted octanol–water partition coefficient (Wildman–Crippen LogP) is 2.29. The van der Waals surface area contributed by atoms with E-state index in [2.05, 4.69) is 19.6 Å². The van der Waals surface area contributed by atoms with Gasteiger partial charge in [-0.25, -0.2) is 0 Å². The van der Waals surface area contributed by atoms with Gasteiger partial charge in [0.2, 0.25) is 5.91 Å². The van der Waals surface area contributed by atoms with Gasteiger partial charge in [0.15, 0.2) is 0 Å². The molecular formula is C12H22N2O2Si. The quantitative estimate of drug-likeness (QED) is 0.599. The summed E-state index contributed by atoms with van der Waals surface area (Å²) in [7, 11) is -0.945. The van der Waals surface area contributed by atoms with Gasteiger partial charge < -0.3 is 15.0 Å². The van der Waals surface area contributed by atoms with Crippen LogP contribution in [0.3, 0.4) is 0 Å². The molecule has 1 aromatic heterocycles. The van der Waals surface area contributed by atoms with Crippen LogP contribution in [0.2, 0.25) is 25.7 Å². The molecule has 0 aromatic carbocycles. The van der Waals surface area contributed by atoms with Gasteiger partial charge >= 0.3 is 0 Å². The normalized spacial score (nSPS) is 11.7. The third-order valence-electron chi connectivity index (χ3n) is 2.49. The van der Waals surface area contributed by atoms with Crippen molar-refractivity contribution in [1.82, 2.24) is 4.57 Å². The highest BCUT2D eigenvalue weighted by Gasteiger charge is 2.11. The molecule has 0 aliphatic heterocycles. The Kier molecular flexibility index (Phi) is 4.96. The predicted molar refractivity (Wildman–Crippen MR) is 71.7 cm³/mol. The number of aromatic nitrogens is 1. The lowest BCUT2D eigenvalue weighted by atomic mass is 10.3. The van der Waals surface area contributed by atoms with Gasteiger partial charge in [0.05, 0.1) is 5.56 Å². The van der Waals surface area contributed by atoms with E-state index in [-0.39, 0.29) is 0 Å². The van der Waals surface area contributed by atoms with Crippen molar-refractivity contribution in [3.63, 3.8) is 0 Å². The summed E-state index contributed by atoms with van der Waals surface area (Å²) in [6.45, 7) is 8.33. The number of amides is 1. The lowest BCUT2D eigenvalue weighted by Gasteiger charge is -2.15. The minimum atomic E-state index is -0.945. The van der Waals surface area contributed by atoms with E-state index in [1.54, 1.807) is 18.5 Å². The molecule has 1 amide bonds. The highest BCUT2D eigenvalue weighted by atomic mass is 28.3. The molecule has 0 spiro atoms. The van der Waals surface area contributed by atoms with Gasteiger partial charge in [-0.1, -0.05) is 25.7 Å². The monoisotopic (exact) mass is 254 g/mol. The molecule has 1 heterocycles. The summed E-state index contributed by atoms with van der Waals surface area (Å²) in [6.07, 6.45) is 4.62. The molecule has 5 heteroatoms. The minimum Gasteiger partial charge on any atom is -0.366 e. The number of hydrogen-bond donors (Lipinski definition) is 1.